The maximum absolute atomic E-state index is 5.30. The van der Waals surface area contributed by atoms with Crippen LogP contribution in [0.2, 0.25) is 0 Å². The van der Waals surface area contributed by atoms with E-state index in [4.69, 9.17) is 4.74 Å². The highest BCUT2D eigenvalue weighted by molar-refractivity contribution is 5.70. The lowest BCUT2D eigenvalue weighted by atomic mass is 10.2. The third-order valence-electron chi connectivity index (χ3n) is 2.73. The van der Waals surface area contributed by atoms with Gasteiger partial charge in [-0.1, -0.05) is 12.1 Å². The van der Waals surface area contributed by atoms with Gasteiger partial charge in [0.05, 0.1) is 13.3 Å². The smallest absolute Gasteiger partial charge is 0.144 e. The molecule has 0 atom stereocenters. The van der Waals surface area contributed by atoms with Gasteiger partial charge in [0.15, 0.2) is 0 Å². The molecular weight excluding hydrogens is 226 g/mol. The van der Waals surface area contributed by atoms with E-state index in [1.165, 1.54) is 0 Å². The summed E-state index contributed by atoms with van der Waals surface area (Å²) in [5.74, 6) is 0.803. The molecule has 2 rings (SSSR count). The van der Waals surface area contributed by atoms with Crippen LogP contribution in [0.1, 0.15) is 11.1 Å². The van der Waals surface area contributed by atoms with E-state index >= 15 is 0 Å². The molecule has 0 aliphatic heterocycles. The highest BCUT2D eigenvalue weighted by atomic mass is 16.5. The van der Waals surface area contributed by atoms with Crippen molar-refractivity contribution in [2.75, 3.05) is 7.11 Å². The van der Waals surface area contributed by atoms with Gasteiger partial charge in [0.25, 0.3) is 0 Å². The molecule has 0 bridgehead atoms. The van der Waals surface area contributed by atoms with E-state index in [0.29, 0.717) is 0 Å². The lowest BCUT2D eigenvalue weighted by Gasteiger charge is -2.06. The molecule has 0 fully saturated rings. The lowest BCUT2D eigenvalue weighted by Crippen LogP contribution is -1.88. The van der Waals surface area contributed by atoms with Crippen molar-refractivity contribution in [3.05, 3.63) is 41.7 Å². The number of aromatic nitrogens is 2. The second-order valence-corrected chi connectivity index (χ2v) is 4.16. The Balaban J connectivity index is 2.13. The Morgan fingerprint density at radius 1 is 1.44 bits per heavy atom. The van der Waals surface area contributed by atoms with Crippen molar-refractivity contribution in [2.45, 2.75) is 13.3 Å². The minimum atomic E-state index is 0.769. The summed E-state index contributed by atoms with van der Waals surface area (Å²) < 4.78 is 7.09. The number of aryl methyl sites for hydroxylation is 2. The van der Waals surface area contributed by atoms with Crippen LogP contribution in [0.4, 0.5) is 5.69 Å². The Bertz CT molecular complexity index is 558. The number of benzene rings is 1. The van der Waals surface area contributed by atoms with E-state index < -0.39 is 0 Å². The summed E-state index contributed by atoms with van der Waals surface area (Å²) in [6.45, 7) is 2.03. The van der Waals surface area contributed by atoms with Gasteiger partial charge in [0.1, 0.15) is 11.4 Å². The van der Waals surface area contributed by atoms with E-state index in [2.05, 4.69) is 10.1 Å². The molecule has 0 aliphatic rings. The van der Waals surface area contributed by atoms with Gasteiger partial charge in [-0.2, -0.15) is 5.10 Å². The van der Waals surface area contributed by atoms with Gasteiger partial charge in [-0.3, -0.25) is 9.67 Å². The first kappa shape index (κ1) is 12.4. The lowest BCUT2D eigenvalue weighted by molar-refractivity contribution is 0.416. The normalized spacial score (nSPS) is 11.1. The number of rotatable bonds is 4. The summed E-state index contributed by atoms with van der Waals surface area (Å²) in [4.78, 5) is 4.49. The van der Waals surface area contributed by atoms with Crippen molar-refractivity contribution in [1.82, 2.24) is 9.78 Å². The molecular formula is C14H17N3O. The Kier molecular flexibility index (Phi) is 3.77. The molecule has 0 saturated heterocycles. The number of methoxy groups -OCH3 is 1. The number of ether oxygens (including phenoxy) is 1. The Morgan fingerprint density at radius 2 is 2.28 bits per heavy atom. The van der Waals surface area contributed by atoms with E-state index in [0.717, 1.165) is 29.0 Å². The molecule has 0 radical (unpaired) electrons. The molecule has 0 amide bonds. The van der Waals surface area contributed by atoms with Crippen LogP contribution in [0.5, 0.6) is 5.75 Å². The second-order valence-electron chi connectivity index (χ2n) is 4.16. The molecule has 1 heterocycles. The minimum Gasteiger partial charge on any atom is -0.494 e. The van der Waals surface area contributed by atoms with Gasteiger partial charge in [-0.25, -0.2) is 0 Å². The summed E-state index contributed by atoms with van der Waals surface area (Å²) in [5.41, 5.74) is 3.15. The fourth-order valence-corrected chi connectivity index (χ4v) is 1.78. The average molecular weight is 243 g/mol. The average Bonchev–Trinajstić information content (AvgIpc) is 2.77. The van der Waals surface area contributed by atoms with Crippen LogP contribution in [0.15, 0.2) is 35.6 Å². The summed E-state index contributed by atoms with van der Waals surface area (Å²) in [6.07, 6.45) is 6.50. The molecule has 2 aromatic rings. The number of aliphatic imine (C=N–C) groups is 1. The van der Waals surface area contributed by atoms with Gasteiger partial charge >= 0.3 is 0 Å². The largest absolute Gasteiger partial charge is 0.494 e. The first-order valence-corrected chi connectivity index (χ1v) is 5.84. The Hall–Kier alpha value is -2.10. The molecule has 18 heavy (non-hydrogen) atoms. The maximum atomic E-state index is 5.30. The summed E-state index contributed by atoms with van der Waals surface area (Å²) in [7, 11) is 3.57. The predicted molar refractivity (Wildman–Crippen MR) is 72.8 cm³/mol. The SMILES string of the molecule is COc1cccc(C)c1N=CCc1cnn(C)c1. The second kappa shape index (κ2) is 5.49. The van der Waals surface area contributed by atoms with Crippen LogP contribution in [-0.2, 0) is 13.5 Å². The van der Waals surface area contributed by atoms with Crippen LogP contribution in [-0.4, -0.2) is 23.1 Å². The number of para-hydroxylation sites is 1. The van der Waals surface area contributed by atoms with Gasteiger partial charge in [0, 0.05) is 25.9 Å². The van der Waals surface area contributed by atoms with Crippen molar-refractivity contribution < 1.29 is 4.74 Å². The standard InChI is InChI=1S/C14H17N3O/c1-11-5-4-6-13(18-3)14(11)15-8-7-12-9-16-17(2)10-12/h4-6,8-10H,7H2,1-3H3. The van der Waals surface area contributed by atoms with E-state index in [-0.39, 0.29) is 0 Å². The van der Waals surface area contributed by atoms with Crippen LogP contribution < -0.4 is 4.74 Å². The highest BCUT2D eigenvalue weighted by Gasteiger charge is 2.03. The molecule has 4 nitrogen and oxygen atoms in total. The monoisotopic (exact) mass is 243 g/mol. The predicted octanol–water partition coefficient (Wildman–Crippen LogP) is 2.68. The number of nitrogens with zero attached hydrogens (tertiary/aromatic N) is 3. The van der Waals surface area contributed by atoms with Crippen molar-refractivity contribution in [2.24, 2.45) is 12.0 Å². The van der Waals surface area contributed by atoms with Crippen molar-refractivity contribution in [1.29, 1.82) is 0 Å². The molecule has 94 valence electrons. The van der Waals surface area contributed by atoms with Crippen LogP contribution >= 0.6 is 0 Å². The third kappa shape index (κ3) is 2.77. The molecule has 1 aromatic carbocycles. The number of hydrogen-bond acceptors (Lipinski definition) is 3. The molecule has 0 unspecified atom stereocenters. The fraction of sp³-hybridized carbons (Fsp3) is 0.286. The van der Waals surface area contributed by atoms with Crippen LogP contribution in [0, 0.1) is 6.92 Å². The first-order chi connectivity index (χ1) is 8.70. The maximum Gasteiger partial charge on any atom is 0.144 e. The van der Waals surface area contributed by atoms with Gasteiger partial charge in [0.2, 0.25) is 0 Å². The van der Waals surface area contributed by atoms with Gasteiger partial charge in [-0.15, -0.1) is 0 Å². The van der Waals surface area contributed by atoms with E-state index in [1.807, 2.05) is 50.8 Å². The Labute approximate surface area is 107 Å². The highest BCUT2D eigenvalue weighted by Crippen LogP contribution is 2.30. The molecule has 0 aliphatic carbocycles. The van der Waals surface area contributed by atoms with E-state index in [9.17, 15) is 0 Å². The summed E-state index contributed by atoms with van der Waals surface area (Å²) in [5, 5.41) is 4.12. The fourth-order valence-electron chi connectivity index (χ4n) is 1.78. The molecule has 0 N–H and O–H groups in total. The van der Waals surface area contributed by atoms with Crippen molar-refractivity contribution >= 4 is 11.9 Å². The van der Waals surface area contributed by atoms with Crippen LogP contribution in [0.3, 0.4) is 0 Å². The van der Waals surface area contributed by atoms with Crippen LogP contribution in [0.25, 0.3) is 0 Å². The van der Waals surface area contributed by atoms with Gasteiger partial charge in [-0.05, 0) is 24.1 Å². The van der Waals surface area contributed by atoms with Gasteiger partial charge < -0.3 is 4.74 Å². The molecule has 0 spiro atoms. The zero-order valence-corrected chi connectivity index (χ0v) is 10.9. The molecule has 0 saturated carbocycles. The topological polar surface area (TPSA) is 39.4 Å². The summed E-state index contributed by atoms with van der Waals surface area (Å²) in [6, 6.07) is 5.91. The summed E-state index contributed by atoms with van der Waals surface area (Å²) >= 11 is 0. The zero-order chi connectivity index (χ0) is 13.0. The first-order valence-electron chi connectivity index (χ1n) is 5.84. The third-order valence-corrected chi connectivity index (χ3v) is 2.73. The van der Waals surface area contributed by atoms with Crippen molar-refractivity contribution in [3.63, 3.8) is 0 Å². The quantitative estimate of drug-likeness (QED) is 0.774. The number of hydrogen-bond donors (Lipinski definition) is 0. The van der Waals surface area contributed by atoms with E-state index in [1.54, 1.807) is 11.8 Å². The molecule has 1 aromatic heterocycles. The zero-order valence-electron chi connectivity index (χ0n) is 10.9. The minimum absolute atomic E-state index is 0.769. The Morgan fingerprint density at radius 3 is 2.94 bits per heavy atom. The molecule has 4 heteroatoms. The van der Waals surface area contributed by atoms with Crippen molar-refractivity contribution in [3.8, 4) is 5.75 Å².